The van der Waals surface area contributed by atoms with Crippen molar-refractivity contribution in [1.82, 2.24) is 19.9 Å². The van der Waals surface area contributed by atoms with Crippen molar-refractivity contribution in [2.45, 2.75) is 6.92 Å². The number of hydrogen-bond acceptors (Lipinski definition) is 5. The second-order valence-corrected chi connectivity index (χ2v) is 16.1. The van der Waals surface area contributed by atoms with Crippen molar-refractivity contribution in [3.63, 3.8) is 0 Å². The van der Waals surface area contributed by atoms with E-state index in [9.17, 15) is 0 Å². The molecular weight excluding hydrogens is 749 g/mol. The zero-order valence-corrected chi connectivity index (χ0v) is 33.6. The van der Waals surface area contributed by atoms with Crippen molar-refractivity contribution >= 4 is 42.4 Å². The van der Waals surface area contributed by atoms with Crippen molar-refractivity contribution in [3.05, 3.63) is 206 Å². The van der Waals surface area contributed by atoms with Gasteiger partial charge in [0.2, 0.25) is 0 Å². The summed E-state index contributed by atoms with van der Waals surface area (Å²) in [6, 6.07) is 68.2. The van der Waals surface area contributed by atoms with Gasteiger partial charge in [-0.3, -0.25) is 4.98 Å². The number of hydrogen-bond donors (Lipinski definition) is 0. The highest BCUT2D eigenvalue weighted by atomic mass is 32.1. The van der Waals surface area contributed by atoms with Crippen LogP contribution in [-0.4, -0.2) is 19.9 Å². The highest BCUT2D eigenvalue weighted by Gasteiger charge is 2.17. The van der Waals surface area contributed by atoms with Gasteiger partial charge in [-0.1, -0.05) is 176 Å². The topological polar surface area (TPSA) is 51.6 Å². The number of fused-ring (bicyclic) bond motifs is 4. The predicted octanol–water partition coefficient (Wildman–Crippen LogP) is 14.8. The quantitative estimate of drug-likeness (QED) is 0.161. The minimum Gasteiger partial charge on any atom is -0.255 e. The third kappa shape index (κ3) is 6.51. The van der Waals surface area contributed by atoms with Crippen LogP contribution in [0.2, 0.25) is 0 Å². The van der Waals surface area contributed by atoms with Gasteiger partial charge in [0, 0.05) is 38.5 Å². The molecule has 60 heavy (non-hydrogen) atoms. The van der Waals surface area contributed by atoms with Crippen LogP contribution in [0.15, 0.2) is 200 Å². The zero-order valence-electron chi connectivity index (χ0n) is 32.7. The maximum atomic E-state index is 5.00. The second-order valence-electron chi connectivity index (χ2n) is 15.1. The molecule has 0 unspecified atom stereocenters. The van der Waals surface area contributed by atoms with Gasteiger partial charge in [0.25, 0.3) is 0 Å². The van der Waals surface area contributed by atoms with Crippen LogP contribution in [0.5, 0.6) is 0 Å². The molecule has 0 spiro atoms. The van der Waals surface area contributed by atoms with E-state index in [1.807, 2.05) is 53.9 Å². The lowest BCUT2D eigenvalue weighted by atomic mass is 9.96. The molecule has 0 N–H and O–H groups in total. The van der Waals surface area contributed by atoms with E-state index in [-0.39, 0.29) is 0 Å². The van der Waals surface area contributed by atoms with Crippen LogP contribution in [0.3, 0.4) is 0 Å². The fourth-order valence-electron chi connectivity index (χ4n) is 8.26. The fraction of sp³-hybridized carbons (Fsp3) is 0.0182. The molecule has 0 saturated heterocycles. The monoisotopic (exact) mass is 784 g/mol. The highest BCUT2D eigenvalue weighted by Crippen LogP contribution is 2.43. The minimum atomic E-state index is 0.637. The Labute approximate surface area is 352 Å². The van der Waals surface area contributed by atoms with Gasteiger partial charge >= 0.3 is 0 Å². The van der Waals surface area contributed by atoms with E-state index in [1.165, 1.54) is 58.9 Å². The molecule has 0 atom stereocenters. The SMILES string of the molecule is Cc1c2ccccc2cc2sc3c(-c4cccc(-c5ccc(-c6ccc(-c7nc(-c8ccccc8)nc(-c8ccc(-c9ccccc9)cc8)n7)cc6)cc5)c4)ccnc3c12. The molecule has 0 aliphatic rings. The first-order chi connectivity index (χ1) is 29.6. The van der Waals surface area contributed by atoms with Crippen LogP contribution in [-0.2, 0) is 0 Å². The molecule has 11 rings (SSSR count). The third-order valence-corrected chi connectivity index (χ3v) is 12.6. The van der Waals surface area contributed by atoms with Crippen molar-refractivity contribution in [3.8, 4) is 78.7 Å². The number of aryl methyl sites for hydroxylation is 1. The summed E-state index contributed by atoms with van der Waals surface area (Å²) < 4.78 is 2.50. The molecule has 3 heterocycles. The standard InChI is InChI=1S/C55H36N4S/c1-35-47-18-9-8-15-46(47)34-49-50(35)51-52(60-49)48(31-32-56-51)45-17-10-16-44(33-45)40-21-19-38(20-22-40)39-25-29-43(30-26-39)55-58-53(41-13-6-3-7-14-41)57-54(59-55)42-27-23-37(24-28-42)36-11-4-2-5-12-36/h2-34H,1H3. The van der Waals surface area contributed by atoms with E-state index in [0.29, 0.717) is 17.5 Å². The Morgan fingerprint density at radius 3 is 1.43 bits per heavy atom. The summed E-state index contributed by atoms with van der Waals surface area (Å²) in [5, 5.41) is 3.82. The maximum Gasteiger partial charge on any atom is 0.164 e. The van der Waals surface area contributed by atoms with Crippen molar-refractivity contribution in [2.24, 2.45) is 0 Å². The Bertz CT molecular complexity index is 3340. The Morgan fingerprint density at radius 1 is 0.383 bits per heavy atom. The van der Waals surface area contributed by atoms with Gasteiger partial charge in [-0.25, -0.2) is 15.0 Å². The number of nitrogens with zero attached hydrogens (tertiary/aromatic N) is 4. The molecule has 5 heteroatoms. The van der Waals surface area contributed by atoms with Gasteiger partial charge < -0.3 is 0 Å². The summed E-state index contributed by atoms with van der Waals surface area (Å²) >= 11 is 1.84. The summed E-state index contributed by atoms with van der Waals surface area (Å²) in [6.07, 6.45) is 1.96. The number of rotatable bonds is 7. The Morgan fingerprint density at radius 2 is 0.833 bits per heavy atom. The lowest BCUT2D eigenvalue weighted by Crippen LogP contribution is -2.00. The first-order valence-corrected chi connectivity index (χ1v) is 20.9. The summed E-state index contributed by atoms with van der Waals surface area (Å²) in [4.78, 5) is 19.8. The highest BCUT2D eigenvalue weighted by molar-refractivity contribution is 7.26. The Hall–Kier alpha value is -7.60. The molecule has 8 aromatic carbocycles. The van der Waals surface area contributed by atoms with Gasteiger partial charge in [0.15, 0.2) is 17.5 Å². The third-order valence-electron chi connectivity index (χ3n) is 11.4. The fourth-order valence-corrected chi connectivity index (χ4v) is 9.57. The Balaban J connectivity index is 0.882. The van der Waals surface area contributed by atoms with E-state index in [4.69, 9.17) is 19.9 Å². The first kappa shape index (κ1) is 35.6. The average Bonchev–Trinajstić information content (AvgIpc) is 3.71. The summed E-state index contributed by atoms with van der Waals surface area (Å²) in [5.41, 5.74) is 14.5. The van der Waals surface area contributed by atoms with Crippen LogP contribution in [0.4, 0.5) is 0 Å². The van der Waals surface area contributed by atoms with E-state index in [1.54, 1.807) is 0 Å². The van der Waals surface area contributed by atoms with Gasteiger partial charge in [-0.05, 0) is 80.4 Å². The van der Waals surface area contributed by atoms with Gasteiger partial charge in [0.05, 0.1) is 10.2 Å². The van der Waals surface area contributed by atoms with Gasteiger partial charge in [0.1, 0.15) is 0 Å². The number of aromatic nitrogens is 4. The van der Waals surface area contributed by atoms with Crippen molar-refractivity contribution in [1.29, 1.82) is 0 Å². The number of thiophene rings is 1. The lowest BCUT2D eigenvalue weighted by Gasteiger charge is -2.10. The Kier molecular flexibility index (Phi) is 8.87. The smallest absolute Gasteiger partial charge is 0.164 e. The van der Waals surface area contributed by atoms with Crippen molar-refractivity contribution < 1.29 is 0 Å². The molecule has 0 radical (unpaired) electrons. The molecule has 3 aromatic heterocycles. The molecule has 0 fully saturated rings. The van der Waals surface area contributed by atoms with Crippen LogP contribution in [0.1, 0.15) is 5.56 Å². The first-order valence-electron chi connectivity index (χ1n) is 20.1. The number of benzene rings is 8. The average molecular weight is 785 g/mol. The van der Waals surface area contributed by atoms with E-state index in [0.717, 1.165) is 38.9 Å². The normalized spacial score (nSPS) is 11.4. The molecule has 11 aromatic rings. The summed E-state index contributed by atoms with van der Waals surface area (Å²) in [6.45, 7) is 2.23. The molecule has 0 saturated carbocycles. The van der Waals surface area contributed by atoms with Crippen LogP contribution in [0.25, 0.3) is 110 Å². The zero-order chi connectivity index (χ0) is 40.0. The van der Waals surface area contributed by atoms with Crippen LogP contribution in [0, 0.1) is 6.92 Å². The van der Waals surface area contributed by atoms with Gasteiger partial charge in [-0.15, -0.1) is 11.3 Å². The predicted molar refractivity (Wildman–Crippen MR) is 251 cm³/mol. The van der Waals surface area contributed by atoms with E-state index >= 15 is 0 Å². The molecule has 0 bridgehead atoms. The minimum absolute atomic E-state index is 0.637. The van der Waals surface area contributed by atoms with E-state index < -0.39 is 0 Å². The molecule has 0 aliphatic heterocycles. The summed E-state index contributed by atoms with van der Waals surface area (Å²) in [5.74, 6) is 1.93. The maximum absolute atomic E-state index is 5.00. The van der Waals surface area contributed by atoms with Gasteiger partial charge in [-0.2, -0.15) is 0 Å². The molecule has 282 valence electrons. The van der Waals surface area contributed by atoms with E-state index in [2.05, 4.69) is 165 Å². The molecule has 0 amide bonds. The largest absolute Gasteiger partial charge is 0.255 e. The molecule has 0 aliphatic carbocycles. The lowest BCUT2D eigenvalue weighted by molar-refractivity contribution is 1.07. The van der Waals surface area contributed by atoms with Crippen molar-refractivity contribution in [2.75, 3.05) is 0 Å². The second kappa shape index (κ2) is 15.0. The molecular formula is C55H36N4S. The molecule has 4 nitrogen and oxygen atoms in total. The van der Waals surface area contributed by atoms with Crippen LogP contribution < -0.4 is 0 Å². The summed E-state index contributed by atoms with van der Waals surface area (Å²) in [7, 11) is 0. The van der Waals surface area contributed by atoms with Crippen LogP contribution >= 0.6 is 11.3 Å². The number of pyridine rings is 1.